The zero-order valence-corrected chi connectivity index (χ0v) is 18.7. The highest BCUT2D eigenvalue weighted by Gasteiger charge is 2.12. The number of nitrogens with zero attached hydrogens (tertiary/aromatic N) is 1. The minimum Gasteiger partial charge on any atom is -0.494 e. The Labute approximate surface area is 195 Å². The molecule has 174 valence electrons. The molecule has 7 nitrogen and oxygen atoms in total. The number of rotatable bonds is 9. The molecule has 4 aromatic rings. The van der Waals surface area contributed by atoms with Gasteiger partial charge in [0.25, 0.3) is 0 Å². The molecule has 0 bridgehead atoms. The number of nitrogens with one attached hydrogen (secondary N) is 1. The minimum atomic E-state index is -0.479. The van der Waals surface area contributed by atoms with E-state index in [2.05, 4.69) is 10.5 Å². The van der Waals surface area contributed by atoms with Crippen LogP contribution in [0.25, 0.3) is 11.0 Å². The highest BCUT2D eigenvalue weighted by molar-refractivity contribution is 5.96. The van der Waals surface area contributed by atoms with E-state index in [4.69, 9.17) is 18.6 Å². The third-order valence-electron chi connectivity index (χ3n) is 4.87. The topological polar surface area (TPSA) is 82.3 Å². The maximum absolute atomic E-state index is 13.3. The highest BCUT2D eigenvalue weighted by Crippen LogP contribution is 2.28. The van der Waals surface area contributed by atoms with E-state index in [-0.39, 0.29) is 18.2 Å². The molecule has 34 heavy (non-hydrogen) atoms. The lowest BCUT2D eigenvalue weighted by Gasteiger charge is -2.11. The number of fused-ring (bicyclic) bond motifs is 1. The number of furan rings is 1. The lowest BCUT2D eigenvalue weighted by Crippen LogP contribution is -2.16. The van der Waals surface area contributed by atoms with Gasteiger partial charge in [-0.2, -0.15) is 5.10 Å². The predicted molar refractivity (Wildman–Crippen MR) is 126 cm³/mol. The first-order valence-electron chi connectivity index (χ1n) is 10.6. The quantitative estimate of drug-likeness (QED) is 0.269. The zero-order valence-electron chi connectivity index (χ0n) is 18.7. The van der Waals surface area contributed by atoms with Crippen molar-refractivity contribution < 1.29 is 27.8 Å². The summed E-state index contributed by atoms with van der Waals surface area (Å²) in [6.45, 7) is 2.65. The fourth-order valence-corrected chi connectivity index (χ4v) is 3.28. The number of carbonyl (C=O) groups excluding carboxylic acids is 1. The number of carbonyl (C=O) groups is 1. The van der Waals surface area contributed by atoms with Gasteiger partial charge in [-0.1, -0.05) is 12.1 Å². The van der Waals surface area contributed by atoms with E-state index in [1.807, 2.05) is 13.0 Å². The van der Waals surface area contributed by atoms with Crippen molar-refractivity contribution in [3.8, 4) is 17.2 Å². The van der Waals surface area contributed by atoms with Crippen LogP contribution in [0, 0.1) is 5.82 Å². The second-order valence-electron chi connectivity index (χ2n) is 7.27. The van der Waals surface area contributed by atoms with Crippen LogP contribution in [0.3, 0.4) is 0 Å². The SMILES string of the molecule is CCOc1ccc2oc(C(=O)N/N=C/c3ccc(OCc4cccc(F)c4)c(OC)c3)cc2c1. The molecule has 3 aromatic carbocycles. The molecule has 0 aliphatic rings. The Balaban J connectivity index is 1.39. The van der Waals surface area contributed by atoms with Crippen LogP contribution >= 0.6 is 0 Å². The molecule has 0 atom stereocenters. The van der Waals surface area contributed by atoms with Gasteiger partial charge in [0.2, 0.25) is 0 Å². The van der Waals surface area contributed by atoms with Crippen LogP contribution in [0.4, 0.5) is 4.39 Å². The van der Waals surface area contributed by atoms with Gasteiger partial charge in [-0.25, -0.2) is 9.82 Å². The van der Waals surface area contributed by atoms with E-state index in [1.165, 1.54) is 25.5 Å². The van der Waals surface area contributed by atoms with Gasteiger partial charge in [0.15, 0.2) is 17.3 Å². The highest BCUT2D eigenvalue weighted by atomic mass is 19.1. The summed E-state index contributed by atoms with van der Waals surface area (Å²) in [5.74, 6) is 1.03. The van der Waals surface area contributed by atoms with Gasteiger partial charge in [0.05, 0.1) is 19.9 Å². The number of methoxy groups -OCH3 is 1. The van der Waals surface area contributed by atoms with Crippen LogP contribution in [0.5, 0.6) is 17.2 Å². The molecule has 0 saturated carbocycles. The first-order valence-corrected chi connectivity index (χ1v) is 10.6. The lowest BCUT2D eigenvalue weighted by molar-refractivity contribution is 0.0929. The third-order valence-corrected chi connectivity index (χ3v) is 4.87. The molecule has 4 rings (SSSR count). The molecule has 1 N–H and O–H groups in total. The van der Waals surface area contributed by atoms with Crippen LogP contribution in [-0.2, 0) is 6.61 Å². The summed E-state index contributed by atoms with van der Waals surface area (Å²) >= 11 is 0. The Kier molecular flexibility index (Phi) is 7.07. The summed E-state index contributed by atoms with van der Waals surface area (Å²) in [6, 6.07) is 18.4. The summed E-state index contributed by atoms with van der Waals surface area (Å²) in [6.07, 6.45) is 1.48. The van der Waals surface area contributed by atoms with Crippen LogP contribution in [0.1, 0.15) is 28.6 Å². The maximum Gasteiger partial charge on any atom is 0.307 e. The standard InChI is InChI=1S/C26H23FN2O5/c1-3-32-21-8-10-22-19(13-21)14-25(34-22)26(30)29-28-15-17-7-9-23(24(12-17)31-2)33-16-18-5-4-6-20(27)11-18/h4-15H,3,16H2,1-2H3,(H,29,30)/b28-15+. The number of hydrazone groups is 1. The van der Waals surface area contributed by atoms with Crippen molar-refractivity contribution >= 4 is 23.1 Å². The number of benzene rings is 3. The molecule has 8 heteroatoms. The summed E-state index contributed by atoms with van der Waals surface area (Å²) in [7, 11) is 1.52. The molecule has 0 fully saturated rings. The van der Waals surface area contributed by atoms with Crippen molar-refractivity contribution in [2.24, 2.45) is 5.10 Å². The molecule has 0 unspecified atom stereocenters. The van der Waals surface area contributed by atoms with Crippen molar-refractivity contribution in [2.45, 2.75) is 13.5 Å². The second-order valence-corrected chi connectivity index (χ2v) is 7.27. The molecule has 0 aliphatic heterocycles. The summed E-state index contributed by atoms with van der Waals surface area (Å²) < 4.78 is 35.5. The number of hydrogen-bond acceptors (Lipinski definition) is 6. The van der Waals surface area contributed by atoms with Gasteiger partial charge in [0.1, 0.15) is 23.8 Å². The Morgan fingerprint density at radius 2 is 1.94 bits per heavy atom. The molecular weight excluding hydrogens is 439 g/mol. The smallest absolute Gasteiger partial charge is 0.307 e. The molecule has 0 saturated heterocycles. The van der Waals surface area contributed by atoms with Gasteiger partial charge in [-0.3, -0.25) is 4.79 Å². The lowest BCUT2D eigenvalue weighted by atomic mass is 10.2. The molecule has 0 radical (unpaired) electrons. The number of hydrogen-bond donors (Lipinski definition) is 1. The van der Waals surface area contributed by atoms with Crippen molar-refractivity contribution in [1.82, 2.24) is 5.43 Å². The molecule has 1 amide bonds. The minimum absolute atomic E-state index is 0.138. The first-order chi connectivity index (χ1) is 16.6. The van der Waals surface area contributed by atoms with Crippen LogP contribution in [0.15, 0.2) is 76.2 Å². The van der Waals surface area contributed by atoms with Gasteiger partial charge < -0.3 is 18.6 Å². The van der Waals surface area contributed by atoms with Crippen LogP contribution < -0.4 is 19.6 Å². The molecule has 1 heterocycles. The number of ether oxygens (including phenoxy) is 3. The fourth-order valence-electron chi connectivity index (χ4n) is 3.28. The normalized spacial score (nSPS) is 11.0. The summed E-state index contributed by atoms with van der Waals surface area (Å²) in [5.41, 5.74) is 4.42. The van der Waals surface area contributed by atoms with Crippen LogP contribution in [0.2, 0.25) is 0 Å². The van der Waals surface area contributed by atoms with E-state index >= 15 is 0 Å². The number of halogens is 1. The zero-order chi connectivity index (χ0) is 23.9. The Bertz CT molecular complexity index is 1330. The molecular formula is C26H23FN2O5. The van der Waals surface area contributed by atoms with E-state index in [9.17, 15) is 9.18 Å². The van der Waals surface area contributed by atoms with E-state index in [0.29, 0.717) is 40.6 Å². The van der Waals surface area contributed by atoms with E-state index in [1.54, 1.807) is 48.5 Å². The van der Waals surface area contributed by atoms with E-state index < -0.39 is 5.91 Å². The van der Waals surface area contributed by atoms with Gasteiger partial charge in [0, 0.05) is 5.39 Å². The monoisotopic (exact) mass is 462 g/mol. The van der Waals surface area contributed by atoms with Gasteiger partial charge in [-0.15, -0.1) is 0 Å². The van der Waals surface area contributed by atoms with Crippen LogP contribution in [-0.4, -0.2) is 25.8 Å². The first kappa shape index (κ1) is 22.8. The largest absolute Gasteiger partial charge is 0.494 e. The van der Waals surface area contributed by atoms with Gasteiger partial charge >= 0.3 is 5.91 Å². The van der Waals surface area contributed by atoms with Crippen molar-refractivity contribution in [3.05, 3.63) is 89.4 Å². The van der Waals surface area contributed by atoms with Crippen molar-refractivity contribution in [1.29, 1.82) is 0 Å². The Morgan fingerprint density at radius 3 is 2.74 bits per heavy atom. The second kappa shape index (κ2) is 10.5. The molecule has 1 aromatic heterocycles. The van der Waals surface area contributed by atoms with Crippen molar-refractivity contribution in [2.75, 3.05) is 13.7 Å². The average Bonchev–Trinajstić information content (AvgIpc) is 3.27. The molecule has 0 aliphatic carbocycles. The predicted octanol–water partition coefficient (Wildman–Crippen LogP) is 5.32. The van der Waals surface area contributed by atoms with Crippen molar-refractivity contribution in [3.63, 3.8) is 0 Å². The summed E-state index contributed by atoms with van der Waals surface area (Å²) in [4.78, 5) is 12.4. The number of amides is 1. The molecule has 0 spiro atoms. The third kappa shape index (κ3) is 5.53. The maximum atomic E-state index is 13.3. The van der Waals surface area contributed by atoms with E-state index in [0.717, 1.165) is 5.39 Å². The Hall–Kier alpha value is -4.33. The summed E-state index contributed by atoms with van der Waals surface area (Å²) in [5, 5.41) is 4.76. The average molecular weight is 462 g/mol. The fraction of sp³-hybridized carbons (Fsp3) is 0.154. The Morgan fingerprint density at radius 1 is 1.06 bits per heavy atom. The van der Waals surface area contributed by atoms with Gasteiger partial charge in [-0.05, 0) is 72.6 Å².